The summed E-state index contributed by atoms with van der Waals surface area (Å²) in [5.74, 6) is 1.65. The minimum atomic E-state index is 0.222. The first-order valence-electron chi connectivity index (χ1n) is 9.83. The highest BCUT2D eigenvalue weighted by Crippen LogP contribution is 2.38. The van der Waals surface area contributed by atoms with Gasteiger partial charge in [-0.05, 0) is 48.1 Å². The molecule has 3 nitrogen and oxygen atoms in total. The molecule has 1 aliphatic carbocycles. The highest BCUT2D eigenvalue weighted by molar-refractivity contribution is 5.77. The van der Waals surface area contributed by atoms with E-state index in [4.69, 9.17) is 5.73 Å². The Balaban J connectivity index is 1.47. The lowest BCUT2D eigenvalue weighted by atomic mass is 9.89. The summed E-state index contributed by atoms with van der Waals surface area (Å²) in [5, 5.41) is 0. The molecule has 1 aliphatic heterocycles. The Morgan fingerprint density at radius 3 is 2.38 bits per heavy atom. The maximum atomic E-state index is 13.0. The fraction of sp³-hybridized carbons (Fsp3) is 0.435. The van der Waals surface area contributed by atoms with E-state index in [2.05, 4.69) is 53.4 Å². The molecule has 1 saturated carbocycles. The molecule has 1 amide bonds. The summed E-state index contributed by atoms with van der Waals surface area (Å²) in [4.78, 5) is 15.1. The van der Waals surface area contributed by atoms with E-state index < -0.39 is 0 Å². The molecule has 1 heterocycles. The summed E-state index contributed by atoms with van der Waals surface area (Å²) < 4.78 is 0. The maximum Gasteiger partial charge on any atom is 0.223 e. The van der Waals surface area contributed by atoms with Crippen molar-refractivity contribution in [1.82, 2.24) is 4.90 Å². The number of nitrogens with two attached hydrogens (primary N) is 1. The summed E-state index contributed by atoms with van der Waals surface area (Å²) in [7, 11) is 0. The van der Waals surface area contributed by atoms with Crippen LogP contribution in [0.5, 0.6) is 0 Å². The van der Waals surface area contributed by atoms with Crippen LogP contribution >= 0.6 is 0 Å². The molecule has 2 N–H and O–H groups in total. The van der Waals surface area contributed by atoms with Crippen LogP contribution in [-0.4, -0.2) is 29.9 Å². The smallest absolute Gasteiger partial charge is 0.223 e. The van der Waals surface area contributed by atoms with Crippen molar-refractivity contribution in [2.75, 3.05) is 13.1 Å². The van der Waals surface area contributed by atoms with Gasteiger partial charge in [-0.15, -0.1) is 0 Å². The number of nitrogens with zero attached hydrogens (tertiary/aromatic N) is 1. The van der Waals surface area contributed by atoms with E-state index >= 15 is 0 Å². The number of carbonyl (C=O) groups is 1. The molecule has 0 aromatic heterocycles. The Kier molecular flexibility index (Phi) is 5.07. The monoisotopic (exact) mass is 348 g/mol. The van der Waals surface area contributed by atoms with E-state index in [1.54, 1.807) is 0 Å². The number of rotatable bonds is 5. The van der Waals surface area contributed by atoms with Gasteiger partial charge in [0.2, 0.25) is 5.91 Å². The van der Waals surface area contributed by atoms with E-state index in [0.717, 1.165) is 25.9 Å². The highest BCUT2D eigenvalue weighted by atomic mass is 16.2. The van der Waals surface area contributed by atoms with Crippen molar-refractivity contribution in [3.63, 3.8) is 0 Å². The van der Waals surface area contributed by atoms with Crippen LogP contribution in [0.1, 0.15) is 36.3 Å². The zero-order valence-corrected chi connectivity index (χ0v) is 15.3. The third kappa shape index (κ3) is 3.68. The average molecular weight is 348 g/mol. The van der Waals surface area contributed by atoms with E-state index in [-0.39, 0.29) is 17.9 Å². The van der Waals surface area contributed by atoms with Crippen molar-refractivity contribution >= 4 is 5.91 Å². The number of benzene rings is 2. The van der Waals surface area contributed by atoms with Crippen molar-refractivity contribution in [3.8, 4) is 0 Å². The maximum absolute atomic E-state index is 13.0. The fourth-order valence-corrected chi connectivity index (χ4v) is 4.78. The topological polar surface area (TPSA) is 46.3 Å². The van der Waals surface area contributed by atoms with Gasteiger partial charge in [-0.1, -0.05) is 60.7 Å². The second kappa shape index (κ2) is 7.63. The van der Waals surface area contributed by atoms with Gasteiger partial charge in [-0.25, -0.2) is 0 Å². The summed E-state index contributed by atoms with van der Waals surface area (Å²) in [6, 6.07) is 21.2. The lowest BCUT2D eigenvalue weighted by Gasteiger charge is -2.23. The molecule has 2 fully saturated rings. The van der Waals surface area contributed by atoms with Gasteiger partial charge in [-0.2, -0.15) is 0 Å². The van der Waals surface area contributed by atoms with Crippen molar-refractivity contribution in [2.24, 2.45) is 17.6 Å². The van der Waals surface area contributed by atoms with Crippen molar-refractivity contribution < 1.29 is 4.79 Å². The minimum absolute atomic E-state index is 0.222. The predicted octanol–water partition coefficient (Wildman–Crippen LogP) is 3.60. The van der Waals surface area contributed by atoms with E-state index in [1.807, 2.05) is 12.1 Å². The van der Waals surface area contributed by atoms with Gasteiger partial charge >= 0.3 is 0 Å². The molecule has 0 bridgehead atoms. The van der Waals surface area contributed by atoms with Crippen LogP contribution in [0.2, 0.25) is 0 Å². The summed E-state index contributed by atoms with van der Waals surface area (Å²) >= 11 is 0. The molecule has 136 valence electrons. The van der Waals surface area contributed by atoms with Gasteiger partial charge in [-0.3, -0.25) is 4.79 Å². The zero-order valence-electron chi connectivity index (χ0n) is 15.3. The lowest BCUT2D eigenvalue weighted by molar-refractivity contribution is -0.130. The number of carbonyl (C=O) groups excluding carboxylic acids is 1. The Hall–Kier alpha value is -2.13. The number of fused-ring (bicyclic) bond motifs is 1. The molecule has 0 spiro atoms. The molecule has 2 aromatic rings. The normalized spacial score (nSPS) is 25.9. The highest BCUT2D eigenvalue weighted by Gasteiger charge is 2.42. The summed E-state index contributed by atoms with van der Waals surface area (Å²) in [5.41, 5.74) is 8.78. The van der Waals surface area contributed by atoms with Crippen molar-refractivity contribution in [3.05, 3.63) is 71.8 Å². The van der Waals surface area contributed by atoms with Crippen LogP contribution in [0.3, 0.4) is 0 Å². The Bertz CT molecular complexity index is 730. The standard InChI is InChI=1S/C23H28N2O/c24-22-12-11-19-15-25(16-21(19)22)23(26)14-20(18-9-5-2-6-10-18)13-17-7-3-1-4-8-17/h1-10,19-22H,11-16,24H2. The first-order valence-corrected chi connectivity index (χ1v) is 9.83. The number of amides is 1. The minimum Gasteiger partial charge on any atom is -0.342 e. The van der Waals surface area contributed by atoms with Crippen LogP contribution in [0.25, 0.3) is 0 Å². The first-order chi connectivity index (χ1) is 12.7. The molecule has 4 atom stereocenters. The Morgan fingerprint density at radius 1 is 1.00 bits per heavy atom. The molecule has 2 aliphatic rings. The molecule has 4 unspecified atom stereocenters. The Morgan fingerprint density at radius 2 is 1.69 bits per heavy atom. The summed E-state index contributed by atoms with van der Waals surface area (Å²) in [6.45, 7) is 1.77. The van der Waals surface area contributed by atoms with Gasteiger partial charge < -0.3 is 10.6 Å². The number of hydrogen-bond acceptors (Lipinski definition) is 2. The van der Waals surface area contributed by atoms with Crippen LogP contribution in [-0.2, 0) is 11.2 Å². The van der Waals surface area contributed by atoms with Crippen LogP contribution in [0.15, 0.2) is 60.7 Å². The molecule has 0 radical (unpaired) electrons. The molecule has 2 aromatic carbocycles. The third-order valence-electron chi connectivity index (χ3n) is 6.28. The van der Waals surface area contributed by atoms with Gasteiger partial charge in [0.1, 0.15) is 0 Å². The van der Waals surface area contributed by atoms with Crippen molar-refractivity contribution in [1.29, 1.82) is 0 Å². The SMILES string of the molecule is NC1CCC2CN(C(=O)CC(Cc3ccccc3)c3ccccc3)CC12. The van der Waals surface area contributed by atoms with Crippen LogP contribution in [0.4, 0.5) is 0 Å². The quantitative estimate of drug-likeness (QED) is 0.897. The number of hydrogen-bond donors (Lipinski definition) is 1. The van der Waals surface area contributed by atoms with Gasteiger partial charge in [0, 0.05) is 25.6 Å². The average Bonchev–Trinajstić information content (AvgIpc) is 3.25. The van der Waals surface area contributed by atoms with E-state index in [1.165, 1.54) is 17.5 Å². The molecule has 26 heavy (non-hydrogen) atoms. The van der Waals surface area contributed by atoms with Gasteiger partial charge in [0.15, 0.2) is 0 Å². The third-order valence-corrected chi connectivity index (χ3v) is 6.28. The largest absolute Gasteiger partial charge is 0.342 e. The molecule has 4 rings (SSSR count). The summed E-state index contributed by atoms with van der Waals surface area (Å²) in [6.07, 6.45) is 3.78. The molecule has 3 heteroatoms. The lowest BCUT2D eigenvalue weighted by Crippen LogP contribution is -2.34. The molecular formula is C23H28N2O. The number of likely N-dealkylation sites (tertiary alicyclic amines) is 1. The fourth-order valence-electron chi connectivity index (χ4n) is 4.78. The first kappa shape index (κ1) is 17.3. The zero-order chi connectivity index (χ0) is 17.9. The predicted molar refractivity (Wildman–Crippen MR) is 105 cm³/mol. The van der Waals surface area contributed by atoms with Gasteiger partial charge in [0.25, 0.3) is 0 Å². The van der Waals surface area contributed by atoms with Crippen LogP contribution in [0, 0.1) is 11.8 Å². The van der Waals surface area contributed by atoms with Crippen LogP contribution < -0.4 is 5.73 Å². The van der Waals surface area contributed by atoms with E-state index in [9.17, 15) is 4.79 Å². The van der Waals surface area contributed by atoms with Crippen molar-refractivity contribution in [2.45, 2.75) is 37.6 Å². The van der Waals surface area contributed by atoms with E-state index in [0.29, 0.717) is 18.3 Å². The Labute approximate surface area is 156 Å². The second-order valence-electron chi connectivity index (χ2n) is 7.97. The molecular weight excluding hydrogens is 320 g/mol. The van der Waals surface area contributed by atoms with Gasteiger partial charge in [0.05, 0.1) is 0 Å². The molecule has 1 saturated heterocycles. The second-order valence-corrected chi connectivity index (χ2v) is 7.97.